The normalized spacial score (nSPS) is 10.5. The molecule has 0 bridgehead atoms. The number of nitrogens with zero attached hydrogens (tertiary/aromatic N) is 1. The molecule has 1 amide bonds. The van der Waals surface area contributed by atoms with E-state index in [1.807, 2.05) is 42.5 Å². The number of ether oxygens (including phenoxy) is 1. The monoisotopic (exact) mass is 340 g/mol. The second-order valence-corrected chi connectivity index (χ2v) is 5.98. The number of hydrogen-bond donors (Lipinski definition) is 1. The van der Waals surface area contributed by atoms with Crippen LogP contribution in [0.1, 0.15) is 23.0 Å². The van der Waals surface area contributed by atoms with Gasteiger partial charge in [0.05, 0.1) is 13.0 Å². The number of hydrogen-bond acceptors (Lipinski definition) is 5. The van der Waals surface area contributed by atoms with Crippen molar-refractivity contribution in [1.29, 1.82) is 0 Å². The summed E-state index contributed by atoms with van der Waals surface area (Å²) in [6, 6.07) is 13.8. The molecule has 0 atom stereocenters. The summed E-state index contributed by atoms with van der Waals surface area (Å²) in [6.45, 7) is 2.02. The quantitative estimate of drug-likeness (QED) is 0.720. The summed E-state index contributed by atoms with van der Waals surface area (Å²) < 4.78 is 4.88. The van der Waals surface area contributed by atoms with Gasteiger partial charge in [0.15, 0.2) is 10.8 Å². The van der Waals surface area contributed by atoms with Gasteiger partial charge < -0.3 is 10.1 Å². The van der Waals surface area contributed by atoms with Crippen molar-refractivity contribution >= 4 is 39.1 Å². The number of carbonyl (C=O) groups is 2. The van der Waals surface area contributed by atoms with Gasteiger partial charge in [0.1, 0.15) is 0 Å². The largest absolute Gasteiger partial charge is 0.461 e. The zero-order valence-corrected chi connectivity index (χ0v) is 13.9. The van der Waals surface area contributed by atoms with E-state index < -0.39 is 5.97 Å². The highest BCUT2D eigenvalue weighted by atomic mass is 32.1. The maximum Gasteiger partial charge on any atom is 0.357 e. The third-order valence-corrected chi connectivity index (χ3v) is 4.22. The van der Waals surface area contributed by atoms with Crippen molar-refractivity contribution in [3.05, 3.63) is 59.1 Å². The number of rotatable bonds is 5. The first-order valence-corrected chi connectivity index (χ1v) is 8.44. The number of benzene rings is 2. The SMILES string of the molecule is CCOC(=O)c1csc(NC(=O)Cc2cccc3ccccc23)n1. The van der Waals surface area contributed by atoms with Crippen molar-refractivity contribution in [2.24, 2.45) is 0 Å². The first-order chi connectivity index (χ1) is 11.7. The Morgan fingerprint density at radius 3 is 2.79 bits per heavy atom. The van der Waals surface area contributed by atoms with Crippen LogP contribution in [0.4, 0.5) is 5.13 Å². The Morgan fingerprint density at radius 1 is 1.17 bits per heavy atom. The van der Waals surface area contributed by atoms with Gasteiger partial charge in [-0.25, -0.2) is 9.78 Å². The Labute approximate surface area is 143 Å². The minimum Gasteiger partial charge on any atom is -0.461 e. The van der Waals surface area contributed by atoms with Gasteiger partial charge >= 0.3 is 5.97 Å². The Hall–Kier alpha value is -2.73. The molecule has 1 aromatic heterocycles. The van der Waals surface area contributed by atoms with Crippen molar-refractivity contribution in [2.75, 3.05) is 11.9 Å². The van der Waals surface area contributed by atoms with Gasteiger partial charge in [-0.15, -0.1) is 11.3 Å². The minimum atomic E-state index is -0.483. The predicted octanol–water partition coefficient (Wildman–Crippen LogP) is 3.65. The lowest BCUT2D eigenvalue weighted by atomic mass is 10.0. The van der Waals surface area contributed by atoms with E-state index >= 15 is 0 Å². The first kappa shape index (κ1) is 16.1. The van der Waals surface area contributed by atoms with Gasteiger partial charge in [-0.2, -0.15) is 0 Å². The molecule has 0 fully saturated rings. The van der Waals surface area contributed by atoms with Gasteiger partial charge in [0, 0.05) is 5.38 Å². The third-order valence-electron chi connectivity index (χ3n) is 3.47. The van der Waals surface area contributed by atoms with E-state index in [1.165, 1.54) is 11.3 Å². The van der Waals surface area contributed by atoms with Crippen LogP contribution in [0, 0.1) is 0 Å². The Balaban J connectivity index is 1.70. The number of carbonyl (C=O) groups excluding carboxylic acids is 2. The molecule has 3 rings (SSSR count). The van der Waals surface area contributed by atoms with Crippen LogP contribution in [0.5, 0.6) is 0 Å². The van der Waals surface area contributed by atoms with E-state index in [1.54, 1.807) is 12.3 Å². The molecule has 5 nitrogen and oxygen atoms in total. The van der Waals surface area contributed by atoms with Crippen molar-refractivity contribution in [3.8, 4) is 0 Å². The van der Waals surface area contributed by atoms with Gasteiger partial charge in [0.25, 0.3) is 0 Å². The molecule has 1 N–H and O–H groups in total. The number of thiazole rings is 1. The first-order valence-electron chi connectivity index (χ1n) is 7.56. The van der Waals surface area contributed by atoms with Crippen LogP contribution in [-0.4, -0.2) is 23.5 Å². The van der Waals surface area contributed by atoms with Crippen LogP contribution in [0.25, 0.3) is 10.8 Å². The lowest BCUT2D eigenvalue weighted by Gasteiger charge is -2.06. The van der Waals surface area contributed by atoms with Crippen LogP contribution < -0.4 is 5.32 Å². The summed E-state index contributed by atoms with van der Waals surface area (Å²) in [6.07, 6.45) is 0.246. The lowest BCUT2D eigenvalue weighted by Crippen LogP contribution is -2.15. The Morgan fingerprint density at radius 2 is 1.96 bits per heavy atom. The average Bonchev–Trinajstić information content (AvgIpc) is 3.04. The molecule has 6 heteroatoms. The second kappa shape index (κ2) is 7.23. The molecule has 122 valence electrons. The Bertz CT molecular complexity index is 883. The fraction of sp³-hybridized carbons (Fsp3) is 0.167. The van der Waals surface area contributed by atoms with Gasteiger partial charge in [-0.1, -0.05) is 42.5 Å². The van der Waals surface area contributed by atoms with Crippen LogP contribution in [0.3, 0.4) is 0 Å². The molecule has 0 unspecified atom stereocenters. The molecule has 24 heavy (non-hydrogen) atoms. The zero-order chi connectivity index (χ0) is 16.9. The summed E-state index contributed by atoms with van der Waals surface area (Å²) >= 11 is 1.20. The maximum absolute atomic E-state index is 12.3. The molecule has 0 radical (unpaired) electrons. The second-order valence-electron chi connectivity index (χ2n) is 5.12. The summed E-state index contributed by atoms with van der Waals surface area (Å²) in [5.41, 5.74) is 1.16. The standard InChI is InChI=1S/C18H16N2O3S/c1-2-23-17(22)15-11-24-18(19-15)20-16(21)10-13-8-5-7-12-6-3-4-9-14(12)13/h3-9,11H,2,10H2,1H3,(H,19,20,21). The summed E-state index contributed by atoms with van der Waals surface area (Å²) in [5.74, 6) is -0.653. The summed E-state index contributed by atoms with van der Waals surface area (Å²) in [4.78, 5) is 27.9. The smallest absolute Gasteiger partial charge is 0.357 e. The van der Waals surface area contributed by atoms with Crippen LogP contribution in [0.2, 0.25) is 0 Å². The summed E-state index contributed by atoms with van der Waals surface area (Å²) in [5, 5.41) is 6.86. The van der Waals surface area contributed by atoms with E-state index in [-0.39, 0.29) is 18.0 Å². The molecule has 0 spiro atoms. The van der Waals surface area contributed by atoms with E-state index in [4.69, 9.17) is 4.74 Å². The molecule has 2 aromatic carbocycles. The lowest BCUT2D eigenvalue weighted by molar-refractivity contribution is -0.115. The highest BCUT2D eigenvalue weighted by Gasteiger charge is 2.14. The number of amides is 1. The highest BCUT2D eigenvalue weighted by Crippen LogP contribution is 2.20. The predicted molar refractivity (Wildman–Crippen MR) is 94.4 cm³/mol. The minimum absolute atomic E-state index is 0.170. The molecular formula is C18H16N2O3S. The Kier molecular flexibility index (Phi) is 4.86. The fourth-order valence-electron chi connectivity index (χ4n) is 2.41. The van der Waals surface area contributed by atoms with Crippen LogP contribution in [-0.2, 0) is 16.0 Å². The number of esters is 1. The number of anilines is 1. The van der Waals surface area contributed by atoms with Crippen LogP contribution >= 0.6 is 11.3 Å². The number of aromatic nitrogens is 1. The molecule has 1 heterocycles. The number of fused-ring (bicyclic) bond motifs is 1. The average molecular weight is 340 g/mol. The van der Waals surface area contributed by atoms with Gasteiger partial charge in [0.2, 0.25) is 5.91 Å². The molecule has 3 aromatic rings. The van der Waals surface area contributed by atoms with Crippen LogP contribution in [0.15, 0.2) is 47.8 Å². The van der Waals surface area contributed by atoms with Gasteiger partial charge in [-0.3, -0.25) is 4.79 Å². The van der Waals surface area contributed by atoms with Gasteiger partial charge in [-0.05, 0) is 23.3 Å². The molecular weight excluding hydrogens is 324 g/mol. The molecule has 0 saturated heterocycles. The molecule has 0 aliphatic heterocycles. The summed E-state index contributed by atoms with van der Waals surface area (Å²) in [7, 11) is 0. The molecule has 0 aliphatic rings. The number of nitrogens with one attached hydrogen (secondary N) is 1. The van der Waals surface area contributed by atoms with Crippen molar-refractivity contribution < 1.29 is 14.3 Å². The maximum atomic E-state index is 12.3. The fourth-order valence-corrected chi connectivity index (χ4v) is 3.11. The molecule has 0 saturated carbocycles. The topological polar surface area (TPSA) is 68.3 Å². The molecule has 0 aliphatic carbocycles. The third kappa shape index (κ3) is 3.60. The van der Waals surface area contributed by atoms with E-state index in [9.17, 15) is 9.59 Å². The van der Waals surface area contributed by atoms with E-state index in [0.29, 0.717) is 11.7 Å². The van der Waals surface area contributed by atoms with E-state index in [2.05, 4.69) is 10.3 Å². The van der Waals surface area contributed by atoms with E-state index in [0.717, 1.165) is 16.3 Å². The van der Waals surface area contributed by atoms with Crippen molar-refractivity contribution in [1.82, 2.24) is 4.98 Å². The van der Waals surface area contributed by atoms with Crippen molar-refractivity contribution in [3.63, 3.8) is 0 Å². The zero-order valence-electron chi connectivity index (χ0n) is 13.1. The van der Waals surface area contributed by atoms with Crippen molar-refractivity contribution in [2.45, 2.75) is 13.3 Å². The highest BCUT2D eigenvalue weighted by molar-refractivity contribution is 7.14.